The van der Waals surface area contributed by atoms with E-state index < -0.39 is 0 Å². The van der Waals surface area contributed by atoms with Crippen LogP contribution in [-0.2, 0) is 6.61 Å². The van der Waals surface area contributed by atoms with Crippen molar-refractivity contribution < 1.29 is 5.11 Å². The summed E-state index contributed by atoms with van der Waals surface area (Å²) < 4.78 is 1.94. The van der Waals surface area contributed by atoms with Gasteiger partial charge in [-0.15, -0.1) is 0 Å². The predicted octanol–water partition coefficient (Wildman–Crippen LogP) is 3.12. The summed E-state index contributed by atoms with van der Waals surface area (Å²) >= 11 is 0. The van der Waals surface area contributed by atoms with Crippen molar-refractivity contribution in [2.24, 2.45) is 0 Å². The Morgan fingerprint density at radius 1 is 1.00 bits per heavy atom. The van der Waals surface area contributed by atoms with Crippen molar-refractivity contribution in [3.05, 3.63) is 66.5 Å². The van der Waals surface area contributed by atoms with Crippen molar-refractivity contribution in [3.8, 4) is 0 Å². The summed E-state index contributed by atoms with van der Waals surface area (Å²) in [4.78, 5) is 9.08. The summed E-state index contributed by atoms with van der Waals surface area (Å²) in [6.07, 6.45) is 1.68. The van der Waals surface area contributed by atoms with Crippen molar-refractivity contribution >= 4 is 28.2 Å². The third-order valence-corrected chi connectivity index (χ3v) is 3.60. The molecule has 4 rings (SSSR count). The van der Waals surface area contributed by atoms with Crippen molar-refractivity contribution in [1.82, 2.24) is 14.4 Å². The summed E-state index contributed by atoms with van der Waals surface area (Å²) in [5, 5.41) is 12.9. The first-order valence-electron chi connectivity index (χ1n) is 7.05. The second kappa shape index (κ2) is 5.13. The highest BCUT2D eigenvalue weighted by Crippen LogP contribution is 2.25. The van der Waals surface area contributed by atoms with E-state index in [0.717, 1.165) is 22.4 Å². The summed E-state index contributed by atoms with van der Waals surface area (Å²) in [7, 11) is 0. The minimum absolute atomic E-state index is 0.0695. The smallest absolute Gasteiger partial charge is 0.181 e. The first-order chi connectivity index (χ1) is 10.9. The molecule has 0 aliphatic heterocycles. The Morgan fingerprint density at radius 3 is 2.59 bits per heavy atom. The molecule has 22 heavy (non-hydrogen) atoms. The summed E-state index contributed by atoms with van der Waals surface area (Å²) in [5.74, 6) is 0.671. The minimum atomic E-state index is -0.0695. The van der Waals surface area contributed by atoms with Crippen LogP contribution in [0.15, 0.2) is 60.8 Å². The third-order valence-electron chi connectivity index (χ3n) is 3.60. The Bertz CT molecular complexity index is 947. The Hall–Kier alpha value is -2.92. The highest BCUT2D eigenvalue weighted by Gasteiger charge is 2.13. The van der Waals surface area contributed by atoms with Gasteiger partial charge in [-0.25, -0.2) is 9.97 Å². The molecule has 0 saturated carbocycles. The van der Waals surface area contributed by atoms with Crippen LogP contribution >= 0.6 is 0 Å². The lowest BCUT2D eigenvalue weighted by molar-refractivity contribution is 0.276. The molecule has 2 N–H and O–H groups in total. The van der Waals surface area contributed by atoms with Crippen molar-refractivity contribution in [2.75, 3.05) is 5.32 Å². The van der Waals surface area contributed by atoms with Gasteiger partial charge in [0.25, 0.3) is 0 Å². The second-order valence-corrected chi connectivity index (χ2v) is 5.01. The summed E-state index contributed by atoms with van der Waals surface area (Å²) in [6, 6.07) is 17.7. The topological polar surface area (TPSA) is 62.5 Å². The first kappa shape index (κ1) is 12.8. The lowest BCUT2D eigenvalue weighted by atomic mass is 10.3. The first-order valence-corrected chi connectivity index (χ1v) is 7.05. The van der Waals surface area contributed by atoms with Crippen LogP contribution in [0.1, 0.15) is 5.69 Å². The van der Waals surface area contributed by atoms with Gasteiger partial charge in [-0.1, -0.05) is 30.3 Å². The number of fused-ring (bicyclic) bond motifs is 3. The number of hydrogen-bond donors (Lipinski definition) is 2. The van der Waals surface area contributed by atoms with Crippen LogP contribution in [0.4, 0.5) is 11.5 Å². The van der Waals surface area contributed by atoms with E-state index in [4.69, 9.17) is 0 Å². The number of para-hydroxylation sites is 3. The number of nitrogens with one attached hydrogen (secondary N) is 1. The zero-order valence-electron chi connectivity index (χ0n) is 11.8. The summed E-state index contributed by atoms with van der Waals surface area (Å²) in [6.45, 7) is -0.0695. The van der Waals surface area contributed by atoms with Crippen LogP contribution in [0.2, 0.25) is 0 Å². The molecule has 5 heteroatoms. The second-order valence-electron chi connectivity index (χ2n) is 5.01. The van der Waals surface area contributed by atoms with Gasteiger partial charge in [0.2, 0.25) is 0 Å². The number of imidazole rings is 1. The highest BCUT2D eigenvalue weighted by molar-refractivity contribution is 5.84. The Balaban J connectivity index is 1.99. The van der Waals surface area contributed by atoms with Crippen LogP contribution in [0, 0.1) is 0 Å². The molecular formula is C17H14N4O. The molecule has 0 saturated heterocycles. The summed E-state index contributed by atoms with van der Waals surface area (Å²) in [5.41, 5.74) is 4.16. The fraction of sp³-hybridized carbons (Fsp3) is 0.0588. The SMILES string of the molecule is OCc1cnc2c(Nc3ccccc3)nc3ccccc3n12. The van der Waals surface area contributed by atoms with Gasteiger partial charge >= 0.3 is 0 Å². The van der Waals surface area contributed by atoms with Crippen molar-refractivity contribution in [1.29, 1.82) is 0 Å². The maximum absolute atomic E-state index is 9.56. The van der Waals surface area contributed by atoms with E-state index in [1.54, 1.807) is 6.20 Å². The van der Waals surface area contributed by atoms with E-state index in [1.165, 1.54) is 0 Å². The van der Waals surface area contributed by atoms with Gasteiger partial charge in [0, 0.05) is 5.69 Å². The van der Waals surface area contributed by atoms with E-state index in [1.807, 2.05) is 59.0 Å². The molecule has 0 fully saturated rings. The zero-order chi connectivity index (χ0) is 14.9. The number of aromatic nitrogens is 3. The number of nitrogens with zero attached hydrogens (tertiary/aromatic N) is 3. The van der Waals surface area contributed by atoms with Crippen molar-refractivity contribution in [2.45, 2.75) is 6.61 Å². The monoisotopic (exact) mass is 290 g/mol. The van der Waals surface area contributed by atoms with E-state index in [2.05, 4.69) is 15.3 Å². The number of anilines is 2. The third kappa shape index (κ3) is 1.99. The molecule has 2 aromatic carbocycles. The fourth-order valence-electron chi connectivity index (χ4n) is 2.59. The number of benzene rings is 2. The minimum Gasteiger partial charge on any atom is -0.390 e. The predicted molar refractivity (Wildman–Crippen MR) is 86.1 cm³/mol. The van der Waals surface area contributed by atoms with Crippen LogP contribution in [0.5, 0.6) is 0 Å². The van der Waals surface area contributed by atoms with E-state index in [-0.39, 0.29) is 6.61 Å². The highest BCUT2D eigenvalue weighted by atomic mass is 16.3. The standard InChI is InChI=1S/C17H14N4O/c22-11-13-10-18-17-16(19-12-6-2-1-3-7-12)20-14-8-4-5-9-15(14)21(13)17/h1-10,22H,11H2,(H,19,20). The molecule has 0 radical (unpaired) electrons. The molecule has 0 bridgehead atoms. The molecule has 2 aromatic heterocycles. The molecule has 0 spiro atoms. The molecule has 0 atom stereocenters. The Kier molecular flexibility index (Phi) is 2.98. The van der Waals surface area contributed by atoms with Crippen molar-refractivity contribution in [3.63, 3.8) is 0 Å². The van der Waals surface area contributed by atoms with Gasteiger partial charge < -0.3 is 10.4 Å². The average molecular weight is 290 g/mol. The van der Waals surface area contributed by atoms with Gasteiger partial charge in [-0.05, 0) is 24.3 Å². The lowest BCUT2D eigenvalue weighted by Gasteiger charge is -2.10. The van der Waals surface area contributed by atoms with E-state index in [0.29, 0.717) is 11.5 Å². The van der Waals surface area contributed by atoms with Gasteiger partial charge in [0.15, 0.2) is 11.5 Å². The normalized spacial score (nSPS) is 11.1. The van der Waals surface area contributed by atoms with E-state index in [9.17, 15) is 5.11 Å². The van der Waals surface area contributed by atoms with Crippen LogP contribution in [-0.4, -0.2) is 19.5 Å². The fourth-order valence-corrected chi connectivity index (χ4v) is 2.59. The maximum Gasteiger partial charge on any atom is 0.181 e. The quantitative estimate of drug-likeness (QED) is 0.608. The van der Waals surface area contributed by atoms with Crippen LogP contribution < -0.4 is 5.32 Å². The van der Waals surface area contributed by atoms with E-state index >= 15 is 0 Å². The molecule has 108 valence electrons. The molecule has 4 aromatic rings. The van der Waals surface area contributed by atoms with Crippen LogP contribution in [0.25, 0.3) is 16.7 Å². The lowest BCUT2D eigenvalue weighted by Crippen LogP contribution is -2.02. The Morgan fingerprint density at radius 2 is 1.77 bits per heavy atom. The van der Waals surface area contributed by atoms with Gasteiger partial charge in [-0.2, -0.15) is 0 Å². The number of rotatable bonds is 3. The van der Waals surface area contributed by atoms with Crippen LogP contribution in [0.3, 0.4) is 0 Å². The number of aliphatic hydroxyl groups is 1. The molecule has 5 nitrogen and oxygen atoms in total. The van der Waals surface area contributed by atoms with Gasteiger partial charge in [0.05, 0.1) is 29.5 Å². The molecule has 2 heterocycles. The largest absolute Gasteiger partial charge is 0.390 e. The molecular weight excluding hydrogens is 276 g/mol. The zero-order valence-corrected chi connectivity index (χ0v) is 11.8. The number of aliphatic hydroxyl groups excluding tert-OH is 1. The maximum atomic E-state index is 9.56. The molecule has 0 aliphatic rings. The molecule has 0 amide bonds. The molecule has 0 aliphatic carbocycles. The molecule has 0 unspecified atom stereocenters. The Labute approximate surface area is 126 Å². The number of hydrogen-bond acceptors (Lipinski definition) is 4. The van der Waals surface area contributed by atoms with Gasteiger partial charge in [0.1, 0.15) is 0 Å². The van der Waals surface area contributed by atoms with Gasteiger partial charge in [-0.3, -0.25) is 4.40 Å². The average Bonchev–Trinajstić information content (AvgIpc) is 3.01.